The van der Waals surface area contributed by atoms with E-state index in [0.717, 1.165) is 32.1 Å². The first-order valence-electron chi connectivity index (χ1n) is 7.36. The van der Waals surface area contributed by atoms with Crippen LogP contribution in [0, 0.1) is 0 Å². The molecule has 0 saturated heterocycles. The molecule has 1 aromatic rings. The number of thioether (sulfide) groups is 1. The van der Waals surface area contributed by atoms with Crippen molar-refractivity contribution in [2.45, 2.75) is 54.4 Å². The molecule has 3 nitrogen and oxygen atoms in total. The van der Waals surface area contributed by atoms with Crippen molar-refractivity contribution in [1.82, 2.24) is 4.90 Å². The first kappa shape index (κ1) is 14.0. The summed E-state index contributed by atoms with van der Waals surface area (Å²) in [5.41, 5.74) is 1.27. The van der Waals surface area contributed by atoms with Crippen LogP contribution in [0.5, 0.6) is 0 Å². The van der Waals surface area contributed by atoms with Crippen LogP contribution in [0.25, 0.3) is 0 Å². The summed E-state index contributed by atoms with van der Waals surface area (Å²) < 4.78 is 0. The van der Waals surface area contributed by atoms with Gasteiger partial charge in [-0.25, -0.2) is 0 Å². The van der Waals surface area contributed by atoms with Gasteiger partial charge in [0.2, 0.25) is 5.91 Å². The molecule has 0 aromatic heterocycles. The van der Waals surface area contributed by atoms with Gasteiger partial charge < -0.3 is 10.0 Å². The second-order valence-electron chi connectivity index (χ2n) is 5.79. The van der Waals surface area contributed by atoms with Gasteiger partial charge in [-0.05, 0) is 30.9 Å². The van der Waals surface area contributed by atoms with E-state index in [2.05, 4.69) is 12.1 Å². The number of hydrogen-bond donors (Lipinski definition) is 1. The molecule has 0 radical (unpaired) electrons. The maximum atomic E-state index is 12.7. The molecular formula is C16H21NO2S. The van der Waals surface area contributed by atoms with Crippen molar-refractivity contribution >= 4 is 17.7 Å². The number of hydrogen-bond acceptors (Lipinski definition) is 3. The highest BCUT2D eigenvalue weighted by atomic mass is 32.2. The van der Waals surface area contributed by atoms with Gasteiger partial charge in [0, 0.05) is 11.9 Å². The maximum Gasteiger partial charge on any atom is 0.236 e. The van der Waals surface area contributed by atoms with Gasteiger partial charge in [0.25, 0.3) is 0 Å². The van der Waals surface area contributed by atoms with Crippen LogP contribution in [0.4, 0.5) is 0 Å². The minimum Gasteiger partial charge on any atom is -0.391 e. The van der Waals surface area contributed by atoms with E-state index in [1.54, 1.807) is 16.7 Å². The van der Waals surface area contributed by atoms with E-state index < -0.39 is 0 Å². The molecule has 1 heterocycles. The molecule has 3 atom stereocenters. The molecular weight excluding hydrogens is 270 g/mol. The van der Waals surface area contributed by atoms with Crippen molar-refractivity contribution < 1.29 is 9.90 Å². The van der Waals surface area contributed by atoms with Crippen LogP contribution in [0.1, 0.15) is 31.2 Å². The fourth-order valence-corrected chi connectivity index (χ4v) is 4.55. The third-order valence-electron chi connectivity index (χ3n) is 4.46. The summed E-state index contributed by atoms with van der Waals surface area (Å²) in [4.78, 5) is 15.7. The lowest BCUT2D eigenvalue weighted by atomic mass is 9.91. The zero-order chi connectivity index (χ0) is 14.1. The predicted molar refractivity (Wildman–Crippen MR) is 80.8 cm³/mol. The van der Waals surface area contributed by atoms with Crippen LogP contribution in [0.2, 0.25) is 0 Å². The molecule has 3 rings (SSSR count). The second-order valence-corrected chi connectivity index (χ2v) is 7.03. The average molecular weight is 291 g/mol. The van der Waals surface area contributed by atoms with Crippen molar-refractivity contribution in [3.8, 4) is 0 Å². The molecule has 1 amide bonds. The zero-order valence-electron chi connectivity index (χ0n) is 11.8. The minimum atomic E-state index is -0.355. The van der Waals surface area contributed by atoms with E-state index in [-0.39, 0.29) is 23.3 Å². The molecule has 0 spiro atoms. The highest BCUT2D eigenvalue weighted by Crippen LogP contribution is 2.38. The number of nitrogens with zero attached hydrogens (tertiary/aromatic N) is 1. The van der Waals surface area contributed by atoms with Gasteiger partial charge in [-0.1, -0.05) is 31.0 Å². The molecule has 108 valence electrons. The molecule has 1 saturated carbocycles. The SMILES string of the molecule is CN(C(=O)C1Cc2ccccc2S1)C1CCCCC1O. The first-order valence-corrected chi connectivity index (χ1v) is 8.24. The maximum absolute atomic E-state index is 12.7. The van der Waals surface area contributed by atoms with Gasteiger partial charge in [0.15, 0.2) is 0 Å². The number of rotatable bonds is 2. The van der Waals surface area contributed by atoms with E-state index in [1.165, 1.54) is 10.5 Å². The molecule has 1 aliphatic carbocycles. The summed E-state index contributed by atoms with van der Waals surface area (Å²) in [7, 11) is 1.85. The third kappa shape index (κ3) is 2.59. The molecule has 3 unspecified atom stereocenters. The molecule has 20 heavy (non-hydrogen) atoms. The molecule has 4 heteroatoms. The second kappa shape index (κ2) is 5.78. The lowest BCUT2D eigenvalue weighted by Gasteiger charge is -2.36. The third-order valence-corrected chi connectivity index (χ3v) is 5.77. The summed E-state index contributed by atoms with van der Waals surface area (Å²) in [6.07, 6.45) is 4.38. The predicted octanol–water partition coefficient (Wildman–Crippen LogP) is 2.47. The summed E-state index contributed by atoms with van der Waals surface area (Å²) in [5, 5.41) is 10.1. The molecule has 2 aliphatic rings. The Bertz CT molecular complexity index is 480. The van der Waals surface area contributed by atoms with Crippen LogP contribution in [-0.4, -0.2) is 40.4 Å². The molecule has 1 aromatic carbocycles. The van der Waals surface area contributed by atoms with E-state index in [1.807, 2.05) is 19.2 Å². The largest absolute Gasteiger partial charge is 0.391 e. The number of benzene rings is 1. The number of fused-ring (bicyclic) bond motifs is 1. The Morgan fingerprint density at radius 2 is 2.05 bits per heavy atom. The highest BCUT2D eigenvalue weighted by Gasteiger charge is 2.35. The number of carbonyl (C=O) groups is 1. The topological polar surface area (TPSA) is 40.5 Å². The van der Waals surface area contributed by atoms with Crippen molar-refractivity contribution in [1.29, 1.82) is 0 Å². The fourth-order valence-electron chi connectivity index (χ4n) is 3.25. The van der Waals surface area contributed by atoms with Crippen LogP contribution in [0.3, 0.4) is 0 Å². The van der Waals surface area contributed by atoms with Crippen LogP contribution >= 0.6 is 11.8 Å². The summed E-state index contributed by atoms with van der Waals surface area (Å²) >= 11 is 1.66. The van der Waals surface area contributed by atoms with E-state index >= 15 is 0 Å². The Balaban J connectivity index is 1.68. The average Bonchev–Trinajstić information content (AvgIpc) is 2.90. The summed E-state index contributed by atoms with van der Waals surface area (Å²) in [6, 6.07) is 8.24. The summed E-state index contributed by atoms with van der Waals surface area (Å²) in [5.74, 6) is 0.164. The molecule has 1 fully saturated rings. The monoisotopic (exact) mass is 291 g/mol. The minimum absolute atomic E-state index is 0.000521. The van der Waals surface area contributed by atoms with Gasteiger partial charge in [-0.15, -0.1) is 11.8 Å². The lowest BCUT2D eigenvalue weighted by molar-refractivity contribution is -0.134. The Hall–Kier alpha value is -1.00. The number of carbonyl (C=O) groups excluding carboxylic acids is 1. The van der Waals surface area contributed by atoms with E-state index in [0.29, 0.717) is 0 Å². The zero-order valence-corrected chi connectivity index (χ0v) is 12.6. The van der Waals surface area contributed by atoms with Crippen molar-refractivity contribution in [3.63, 3.8) is 0 Å². The number of aliphatic hydroxyl groups excluding tert-OH is 1. The Kier molecular flexibility index (Phi) is 4.03. The van der Waals surface area contributed by atoms with Gasteiger partial charge in [-0.2, -0.15) is 0 Å². The van der Waals surface area contributed by atoms with Crippen molar-refractivity contribution in [3.05, 3.63) is 29.8 Å². The van der Waals surface area contributed by atoms with Gasteiger partial charge in [-0.3, -0.25) is 4.79 Å². The Morgan fingerprint density at radius 3 is 2.80 bits per heavy atom. The van der Waals surface area contributed by atoms with E-state index in [4.69, 9.17) is 0 Å². The summed E-state index contributed by atoms with van der Waals surface area (Å²) in [6.45, 7) is 0. The smallest absolute Gasteiger partial charge is 0.236 e. The standard InChI is InChI=1S/C16H21NO2S/c1-17(12-7-3-4-8-13(12)18)16(19)15-10-11-6-2-5-9-14(11)20-15/h2,5-6,9,12-13,15,18H,3-4,7-8,10H2,1H3. The Morgan fingerprint density at radius 1 is 1.30 bits per heavy atom. The quantitative estimate of drug-likeness (QED) is 0.910. The van der Waals surface area contributed by atoms with Crippen LogP contribution < -0.4 is 0 Å². The normalized spacial score (nSPS) is 29.0. The van der Waals surface area contributed by atoms with E-state index in [9.17, 15) is 9.90 Å². The molecule has 1 aliphatic heterocycles. The first-order chi connectivity index (χ1) is 9.66. The van der Waals surface area contributed by atoms with Gasteiger partial charge in [0.05, 0.1) is 17.4 Å². The Labute approximate surface area is 124 Å². The van der Waals surface area contributed by atoms with Crippen molar-refractivity contribution in [2.24, 2.45) is 0 Å². The highest BCUT2D eigenvalue weighted by molar-refractivity contribution is 8.01. The fraction of sp³-hybridized carbons (Fsp3) is 0.562. The van der Waals surface area contributed by atoms with Crippen molar-refractivity contribution in [2.75, 3.05) is 7.05 Å². The van der Waals surface area contributed by atoms with Gasteiger partial charge in [0.1, 0.15) is 0 Å². The van der Waals surface area contributed by atoms with Crippen LogP contribution in [0.15, 0.2) is 29.2 Å². The number of amides is 1. The molecule has 0 bridgehead atoms. The number of likely N-dealkylation sites (N-methyl/N-ethyl adjacent to an activating group) is 1. The molecule has 1 N–H and O–H groups in total. The lowest BCUT2D eigenvalue weighted by Crippen LogP contribution is -2.49. The number of aliphatic hydroxyl groups is 1. The van der Waals surface area contributed by atoms with Crippen LogP contribution in [-0.2, 0) is 11.2 Å². The van der Waals surface area contributed by atoms with Gasteiger partial charge >= 0.3 is 0 Å².